The quantitative estimate of drug-likeness (QED) is 0.585. The van der Waals surface area contributed by atoms with Crippen molar-refractivity contribution in [2.45, 2.75) is 19.5 Å². The summed E-state index contributed by atoms with van der Waals surface area (Å²) >= 11 is 0. The first-order valence-electron chi connectivity index (χ1n) is 9.17. The summed E-state index contributed by atoms with van der Waals surface area (Å²) in [6.45, 7) is 2.43. The summed E-state index contributed by atoms with van der Waals surface area (Å²) in [5.41, 5.74) is 5.49. The van der Waals surface area contributed by atoms with E-state index in [2.05, 4.69) is 61.6 Å². The number of fused-ring (bicyclic) bond motifs is 2. The molecule has 0 unspecified atom stereocenters. The molecule has 2 N–H and O–H groups in total. The highest BCUT2D eigenvalue weighted by Gasteiger charge is 2.20. The summed E-state index contributed by atoms with van der Waals surface area (Å²) in [5.74, 6) is 1.51. The van der Waals surface area contributed by atoms with Gasteiger partial charge in [-0.25, -0.2) is 4.98 Å². The van der Waals surface area contributed by atoms with E-state index in [9.17, 15) is 0 Å². The third kappa shape index (κ3) is 3.10. The van der Waals surface area contributed by atoms with Crippen LogP contribution in [-0.2, 0) is 19.5 Å². The van der Waals surface area contributed by atoms with Crippen molar-refractivity contribution in [1.82, 2.24) is 19.9 Å². The highest BCUT2D eigenvalue weighted by molar-refractivity contribution is 5.83. The minimum absolute atomic E-state index is 0.689. The van der Waals surface area contributed by atoms with Crippen LogP contribution in [0.25, 0.3) is 11.2 Å². The largest absolute Gasteiger partial charge is 0.364 e. The van der Waals surface area contributed by atoms with Gasteiger partial charge in [0, 0.05) is 19.6 Å². The van der Waals surface area contributed by atoms with Gasteiger partial charge in [0.15, 0.2) is 11.5 Å². The Hall–Kier alpha value is -3.41. The molecule has 2 aromatic carbocycles. The molecule has 0 bridgehead atoms. The van der Waals surface area contributed by atoms with E-state index in [1.54, 1.807) is 6.33 Å². The number of rotatable bonds is 4. The maximum absolute atomic E-state index is 4.82. The summed E-state index contributed by atoms with van der Waals surface area (Å²) < 4.78 is 0. The Morgan fingerprint density at radius 2 is 1.78 bits per heavy atom. The maximum Gasteiger partial charge on any atom is 0.229 e. The van der Waals surface area contributed by atoms with E-state index in [-0.39, 0.29) is 0 Å². The van der Waals surface area contributed by atoms with Crippen LogP contribution in [-0.4, -0.2) is 26.5 Å². The Kier molecular flexibility index (Phi) is 3.93. The van der Waals surface area contributed by atoms with E-state index in [0.717, 1.165) is 36.8 Å². The predicted molar refractivity (Wildman–Crippen MR) is 107 cm³/mol. The van der Waals surface area contributed by atoms with Crippen LogP contribution in [0.5, 0.6) is 0 Å². The molecule has 1 aliphatic rings. The number of hydrogen-bond acceptors (Lipinski definition) is 5. The van der Waals surface area contributed by atoms with Gasteiger partial charge in [-0.15, -0.1) is 0 Å². The van der Waals surface area contributed by atoms with Crippen LogP contribution in [0.1, 0.15) is 16.7 Å². The lowest BCUT2D eigenvalue weighted by Gasteiger charge is -2.29. The van der Waals surface area contributed by atoms with Gasteiger partial charge in [0.25, 0.3) is 0 Å². The van der Waals surface area contributed by atoms with Gasteiger partial charge >= 0.3 is 0 Å². The first kappa shape index (κ1) is 15.8. The van der Waals surface area contributed by atoms with Crippen molar-refractivity contribution in [3.8, 4) is 0 Å². The summed E-state index contributed by atoms with van der Waals surface area (Å²) in [6.07, 6.45) is 2.67. The fraction of sp³-hybridized carbons (Fsp3) is 0.190. The van der Waals surface area contributed by atoms with E-state index in [4.69, 9.17) is 4.98 Å². The second kappa shape index (κ2) is 6.72. The SMILES string of the molecule is c1ccc(CNc2nc(N3CCc4ccccc4C3)nc3nc[nH]c23)cc1. The van der Waals surface area contributed by atoms with Gasteiger partial charge < -0.3 is 15.2 Å². The van der Waals surface area contributed by atoms with Gasteiger partial charge in [0.05, 0.1) is 6.33 Å². The summed E-state index contributed by atoms with van der Waals surface area (Å²) in [5, 5.41) is 3.44. The molecule has 0 aliphatic carbocycles. The normalized spacial score (nSPS) is 13.6. The standard InChI is InChI=1S/C21H20N6/c1-2-6-15(7-3-1)12-22-19-18-20(24-14-23-18)26-21(25-19)27-11-10-16-8-4-5-9-17(16)13-27/h1-9,14H,10-13H2,(H2,22,23,24,25,26). The third-order valence-corrected chi connectivity index (χ3v) is 4.99. The van der Waals surface area contributed by atoms with Crippen molar-refractivity contribution in [3.63, 3.8) is 0 Å². The van der Waals surface area contributed by atoms with Gasteiger partial charge in [-0.1, -0.05) is 54.6 Å². The number of nitrogens with one attached hydrogen (secondary N) is 2. The van der Waals surface area contributed by atoms with Gasteiger partial charge in [-0.2, -0.15) is 9.97 Å². The number of anilines is 2. The Bertz CT molecular complexity index is 1070. The summed E-state index contributed by atoms with van der Waals surface area (Å²) in [4.78, 5) is 19.2. The molecule has 5 rings (SSSR count). The van der Waals surface area contributed by atoms with Crippen molar-refractivity contribution in [1.29, 1.82) is 0 Å². The van der Waals surface area contributed by atoms with Crippen molar-refractivity contribution in [3.05, 3.63) is 77.6 Å². The van der Waals surface area contributed by atoms with E-state index in [0.29, 0.717) is 12.2 Å². The van der Waals surface area contributed by atoms with Gasteiger partial charge in [-0.05, 0) is 23.1 Å². The fourth-order valence-corrected chi connectivity index (χ4v) is 3.54. The van der Waals surface area contributed by atoms with Crippen LogP contribution in [0.2, 0.25) is 0 Å². The molecule has 0 fully saturated rings. The molecule has 0 saturated heterocycles. The molecule has 0 spiro atoms. The lowest BCUT2D eigenvalue weighted by atomic mass is 10.0. The number of benzene rings is 2. The van der Waals surface area contributed by atoms with Gasteiger partial charge in [-0.3, -0.25) is 0 Å². The van der Waals surface area contributed by atoms with Crippen molar-refractivity contribution in [2.75, 3.05) is 16.8 Å². The lowest BCUT2D eigenvalue weighted by molar-refractivity contribution is 0.710. The Balaban J connectivity index is 1.45. The average molecular weight is 356 g/mol. The third-order valence-electron chi connectivity index (χ3n) is 4.99. The van der Waals surface area contributed by atoms with E-state index >= 15 is 0 Å². The second-order valence-corrected chi connectivity index (χ2v) is 6.75. The Morgan fingerprint density at radius 3 is 2.67 bits per heavy atom. The maximum atomic E-state index is 4.82. The van der Waals surface area contributed by atoms with Crippen LogP contribution >= 0.6 is 0 Å². The highest BCUT2D eigenvalue weighted by Crippen LogP contribution is 2.26. The van der Waals surface area contributed by atoms with Crippen LogP contribution < -0.4 is 10.2 Å². The van der Waals surface area contributed by atoms with E-state index in [1.165, 1.54) is 16.7 Å². The molecule has 0 saturated carbocycles. The highest BCUT2D eigenvalue weighted by atomic mass is 15.3. The van der Waals surface area contributed by atoms with Crippen molar-refractivity contribution in [2.24, 2.45) is 0 Å². The van der Waals surface area contributed by atoms with Crippen molar-refractivity contribution < 1.29 is 0 Å². The first-order valence-corrected chi connectivity index (χ1v) is 9.17. The first-order chi connectivity index (χ1) is 13.4. The molecule has 0 atom stereocenters. The van der Waals surface area contributed by atoms with Crippen LogP contribution in [0.3, 0.4) is 0 Å². The van der Waals surface area contributed by atoms with Crippen LogP contribution in [0, 0.1) is 0 Å². The zero-order chi connectivity index (χ0) is 18.1. The molecular weight excluding hydrogens is 336 g/mol. The second-order valence-electron chi connectivity index (χ2n) is 6.75. The molecule has 0 amide bonds. The number of nitrogens with zero attached hydrogens (tertiary/aromatic N) is 4. The number of hydrogen-bond donors (Lipinski definition) is 2. The molecule has 3 heterocycles. The van der Waals surface area contributed by atoms with Gasteiger partial charge in [0.2, 0.25) is 5.95 Å². The zero-order valence-corrected chi connectivity index (χ0v) is 14.9. The molecular formula is C21H20N6. The molecule has 6 heteroatoms. The van der Waals surface area contributed by atoms with Crippen LogP contribution in [0.15, 0.2) is 60.9 Å². The Morgan fingerprint density at radius 1 is 0.963 bits per heavy atom. The molecule has 27 heavy (non-hydrogen) atoms. The molecule has 0 radical (unpaired) electrons. The summed E-state index contributed by atoms with van der Waals surface area (Å²) in [7, 11) is 0. The number of imidazole rings is 1. The zero-order valence-electron chi connectivity index (χ0n) is 14.9. The summed E-state index contributed by atoms with van der Waals surface area (Å²) in [6, 6.07) is 18.9. The molecule has 4 aromatic rings. The number of aromatic nitrogens is 4. The van der Waals surface area contributed by atoms with Gasteiger partial charge in [0.1, 0.15) is 5.52 Å². The minimum atomic E-state index is 0.689. The van der Waals surface area contributed by atoms with E-state index < -0.39 is 0 Å². The molecule has 2 aromatic heterocycles. The topological polar surface area (TPSA) is 69.7 Å². The number of H-pyrrole nitrogens is 1. The van der Waals surface area contributed by atoms with E-state index in [1.807, 2.05) is 18.2 Å². The molecule has 134 valence electrons. The molecule has 1 aliphatic heterocycles. The minimum Gasteiger partial charge on any atom is -0.364 e. The Labute approximate surface area is 157 Å². The van der Waals surface area contributed by atoms with Crippen molar-refractivity contribution >= 4 is 22.9 Å². The number of aromatic amines is 1. The predicted octanol–water partition coefficient (Wildman–Crippen LogP) is 3.53. The average Bonchev–Trinajstić information content (AvgIpc) is 3.21. The molecule has 6 nitrogen and oxygen atoms in total. The fourth-order valence-electron chi connectivity index (χ4n) is 3.54. The monoisotopic (exact) mass is 356 g/mol. The lowest BCUT2D eigenvalue weighted by Crippen LogP contribution is -2.31. The smallest absolute Gasteiger partial charge is 0.229 e. The van der Waals surface area contributed by atoms with Crippen LogP contribution in [0.4, 0.5) is 11.8 Å².